The van der Waals surface area contributed by atoms with Crippen molar-refractivity contribution in [3.63, 3.8) is 0 Å². The molecule has 5 nitrogen and oxygen atoms in total. The molecule has 1 aliphatic rings. The van der Waals surface area contributed by atoms with Gasteiger partial charge in [-0.25, -0.2) is 9.38 Å². The Morgan fingerprint density at radius 3 is 2.70 bits per heavy atom. The van der Waals surface area contributed by atoms with Crippen LogP contribution in [0, 0.1) is 5.82 Å². The lowest BCUT2D eigenvalue weighted by molar-refractivity contribution is 0.370. The minimum Gasteiger partial charge on any atom is -0.370 e. The number of hydrogen-bond donors (Lipinski definition) is 1. The highest BCUT2D eigenvalue weighted by Gasteiger charge is 2.17. The fourth-order valence-electron chi connectivity index (χ4n) is 3.48. The third-order valence-corrected chi connectivity index (χ3v) is 6.26. The van der Waals surface area contributed by atoms with Crippen molar-refractivity contribution in [3.05, 3.63) is 77.4 Å². The molecule has 1 aliphatic heterocycles. The second-order valence-electron chi connectivity index (χ2n) is 7.32. The number of aliphatic imine (C=N–C) groups is 1. The first-order chi connectivity index (χ1) is 14.6. The monoisotopic (exact) mass is 424 g/mol. The summed E-state index contributed by atoms with van der Waals surface area (Å²) >= 11 is 1.93. The largest absolute Gasteiger partial charge is 0.370 e. The van der Waals surface area contributed by atoms with E-state index in [4.69, 9.17) is 10.3 Å². The molecule has 0 spiro atoms. The van der Waals surface area contributed by atoms with Gasteiger partial charge < -0.3 is 15.2 Å². The summed E-state index contributed by atoms with van der Waals surface area (Å²) in [6.45, 7) is 4.19. The molecule has 7 heteroatoms. The number of nitrogens with two attached hydrogens (primary N) is 1. The van der Waals surface area contributed by atoms with Gasteiger partial charge in [0.2, 0.25) is 0 Å². The molecule has 0 bridgehead atoms. The first-order valence-corrected chi connectivity index (χ1v) is 11.2. The molecule has 0 amide bonds. The molecule has 1 saturated heterocycles. The number of rotatable bonds is 5. The zero-order valence-corrected chi connectivity index (χ0v) is 17.7. The zero-order valence-electron chi connectivity index (χ0n) is 16.9. The molecule has 3 aromatic rings. The molecule has 0 aliphatic carbocycles. The van der Waals surface area contributed by atoms with E-state index >= 15 is 0 Å². The molecule has 0 radical (unpaired) electrons. The highest BCUT2D eigenvalue weighted by molar-refractivity contribution is 7.99. The molecular weight excluding hydrogens is 399 g/mol. The second kappa shape index (κ2) is 9.34. The van der Waals surface area contributed by atoms with E-state index in [-0.39, 0.29) is 11.7 Å². The molecule has 2 N–H and O–H groups in total. The van der Waals surface area contributed by atoms with Gasteiger partial charge in [0, 0.05) is 42.1 Å². The van der Waals surface area contributed by atoms with Crippen molar-refractivity contribution in [1.29, 1.82) is 0 Å². The highest BCUT2D eigenvalue weighted by atomic mass is 32.2. The predicted octanol–water partition coefficient (Wildman–Crippen LogP) is 4.50. The van der Waals surface area contributed by atoms with Crippen LogP contribution < -0.4 is 5.73 Å². The quantitative estimate of drug-likeness (QED) is 0.483. The van der Waals surface area contributed by atoms with E-state index in [0.29, 0.717) is 29.5 Å². The molecule has 1 atom stereocenters. The van der Waals surface area contributed by atoms with Gasteiger partial charge in [0.1, 0.15) is 17.3 Å². The predicted molar refractivity (Wildman–Crippen MR) is 120 cm³/mol. The van der Waals surface area contributed by atoms with Crippen molar-refractivity contribution >= 4 is 17.7 Å². The Balaban J connectivity index is 1.45. The first-order valence-electron chi connectivity index (χ1n) is 10.0. The second-order valence-corrected chi connectivity index (χ2v) is 8.55. The molecule has 2 aromatic carbocycles. The summed E-state index contributed by atoms with van der Waals surface area (Å²) in [6.07, 6.45) is 0. The maximum absolute atomic E-state index is 14.7. The van der Waals surface area contributed by atoms with Crippen LogP contribution in [0.15, 0.2) is 64.1 Å². The van der Waals surface area contributed by atoms with E-state index in [9.17, 15) is 4.39 Å². The van der Waals surface area contributed by atoms with Crippen molar-refractivity contribution in [2.75, 3.05) is 24.6 Å². The number of nitrogens with zero attached hydrogens (tertiary/aromatic N) is 3. The lowest BCUT2D eigenvalue weighted by Crippen LogP contribution is -2.42. The van der Waals surface area contributed by atoms with Gasteiger partial charge >= 0.3 is 0 Å². The Labute approximate surface area is 180 Å². The van der Waals surface area contributed by atoms with Crippen LogP contribution in [0.4, 0.5) is 4.39 Å². The van der Waals surface area contributed by atoms with Crippen LogP contribution in [-0.4, -0.2) is 40.6 Å². The van der Waals surface area contributed by atoms with Gasteiger partial charge in [-0.3, -0.25) is 0 Å². The van der Waals surface area contributed by atoms with Crippen LogP contribution in [0.25, 0.3) is 11.1 Å². The molecule has 30 heavy (non-hydrogen) atoms. The van der Waals surface area contributed by atoms with Crippen LogP contribution in [0.5, 0.6) is 0 Å². The maximum Gasteiger partial charge on any atom is 0.191 e. The maximum atomic E-state index is 14.7. The van der Waals surface area contributed by atoms with Crippen molar-refractivity contribution in [2.24, 2.45) is 10.7 Å². The number of hydrogen-bond acceptors (Lipinski definition) is 4. The molecule has 0 saturated carbocycles. The normalized spacial score (nSPS) is 15.9. The van der Waals surface area contributed by atoms with Gasteiger partial charge in [-0.1, -0.05) is 54.5 Å². The Morgan fingerprint density at radius 1 is 1.20 bits per heavy atom. The van der Waals surface area contributed by atoms with Crippen LogP contribution in [-0.2, 0) is 6.54 Å². The third-order valence-electron chi connectivity index (χ3n) is 5.32. The molecule has 1 fully saturated rings. The van der Waals surface area contributed by atoms with Gasteiger partial charge in [-0.05, 0) is 17.2 Å². The summed E-state index contributed by atoms with van der Waals surface area (Å²) in [5.41, 5.74) is 9.10. The minimum absolute atomic E-state index is 0.119. The Morgan fingerprint density at radius 2 is 1.97 bits per heavy atom. The van der Waals surface area contributed by atoms with E-state index in [0.717, 1.165) is 35.7 Å². The number of thioether (sulfide) groups is 1. The third kappa shape index (κ3) is 4.67. The van der Waals surface area contributed by atoms with Crippen LogP contribution in [0.2, 0.25) is 0 Å². The van der Waals surface area contributed by atoms with E-state index in [2.05, 4.69) is 15.0 Å². The molecule has 1 unspecified atom stereocenters. The van der Waals surface area contributed by atoms with Gasteiger partial charge in [-0.15, -0.1) is 0 Å². The van der Waals surface area contributed by atoms with E-state index < -0.39 is 0 Å². The summed E-state index contributed by atoms with van der Waals surface area (Å²) in [5.74, 6) is 3.00. The average molecular weight is 425 g/mol. The number of benzene rings is 2. The number of halogens is 1. The summed E-state index contributed by atoms with van der Waals surface area (Å²) in [4.78, 5) is 6.55. The Bertz CT molecular complexity index is 1020. The number of guanidine groups is 1. The van der Waals surface area contributed by atoms with Crippen molar-refractivity contribution in [2.45, 2.75) is 19.4 Å². The van der Waals surface area contributed by atoms with E-state index in [1.165, 1.54) is 0 Å². The average Bonchev–Trinajstić information content (AvgIpc) is 3.27. The molecular formula is C23H25FN4OS. The van der Waals surface area contributed by atoms with E-state index in [1.54, 1.807) is 6.07 Å². The lowest BCUT2D eigenvalue weighted by atomic mass is 9.95. The van der Waals surface area contributed by atoms with Crippen molar-refractivity contribution < 1.29 is 8.91 Å². The molecule has 4 rings (SSSR count). The SMILES string of the molecule is CC(c1ccc(-c2ccccc2)c(F)c1)c1cc(CN=C(N)N2CCSCC2)no1. The highest BCUT2D eigenvalue weighted by Crippen LogP contribution is 2.29. The standard InChI is InChI=1S/C23H25FN4OS/c1-16(18-7-8-20(21(24)13-18)17-5-3-2-4-6-17)22-14-19(27-29-22)15-26-23(25)28-9-11-30-12-10-28/h2-8,13-14,16H,9-12,15H2,1H3,(H2,25,26). The van der Waals surface area contributed by atoms with Crippen LogP contribution in [0.3, 0.4) is 0 Å². The topological polar surface area (TPSA) is 67.7 Å². The van der Waals surface area contributed by atoms with Gasteiger partial charge in [0.05, 0.1) is 6.54 Å². The Kier molecular flexibility index (Phi) is 6.38. The molecule has 156 valence electrons. The molecule has 2 heterocycles. The summed E-state index contributed by atoms with van der Waals surface area (Å²) in [7, 11) is 0. The number of aromatic nitrogens is 1. The summed E-state index contributed by atoms with van der Waals surface area (Å²) in [6, 6.07) is 16.7. The summed E-state index contributed by atoms with van der Waals surface area (Å²) in [5, 5.41) is 4.11. The Hall–Kier alpha value is -2.80. The zero-order chi connectivity index (χ0) is 20.9. The van der Waals surface area contributed by atoms with Gasteiger partial charge in [0.25, 0.3) is 0 Å². The fraction of sp³-hybridized carbons (Fsp3) is 0.304. The molecule has 1 aromatic heterocycles. The summed E-state index contributed by atoms with van der Waals surface area (Å²) < 4.78 is 20.2. The van der Waals surface area contributed by atoms with Crippen LogP contribution in [0.1, 0.15) is 29.9 Å². The van der Waals surface area contributed by atoms with Crippen LogP contribution >= 0.6 is 11.8 Å². The van der Waals surface area contributed by atoms with E-state index in [1.807, 2.05) is 67.2 Å². The fourth-order valence-corrected chi connectivity index (χ4v) is 4.38. The van der Waals surface area contributed by atoms with Crippen molar-refractivity contribution in [1.82, 2.24) is 10.1 Å². The van der Waals surface area contributed by atoms with Gasteiger partial charge in [0.15, 0.2) is 5.96 Å². The first kappa shape index (κ1) is 20.5. The smallest absolute Gasteiger partial charge is 0.191 e. The minimum atomic E-state index is -0.248. The lowest BCUT2D eigenvalue weighted by Gasteiger charge is -2.27. The van der Waals surface area contributed by atoms with Crippen molar-refractivity contribution in [3.8, 4) is 11.1 Å². The van der Waals surface area contributed by atoms with Gasteiger partial charge in [-0.2, -0.15) is 11.8 Å².